The van der Waals surface area contributed by atoms with Gasteiger partial charge < -0.3 is 19.2 Å². The van der Waals surface area contributed by atoms with Crippen LogP contribution in [0.4, 0.5) is 4.39 Å². The SMILES string of the molecule is CCn1c(C)c(C(=O)N2CCc3[nH]c4ccc(F)cc4c3C2)c2cc(OC)ccc21. The maximum atomic E-state index is 13.8. The zero-order chi connectivity index (χ0) is 21.0. The van der Waals surface area contributed by atoms with Crippen LogP contribution in [0.1, 0.15) is 34.2 Å². The van der Waals surface area contributed by atoms with Gasteiger partial charge in [-0.15, -0.1) is 0 Å². The van der Waals surface area contributed by atoms with Gasteiger partial charge in [0.15, 0.2) is 0 Å². The molecule has 0 radical (unpaired) electrons. The van der Waals surface area contributed by atoms with Crippen LogP contribution in [0, 0.1) is 12.7 Å². The van der Waals surface area contributed by atoms with Crippen LogP contribution in [-0.4, -0.2) is 34.0 Å². The molecule has 30 heavy (non-hydrogen) atoms. The molecule has 0 spiro atoms. The van der Waals surface area contributed by atoms with E-state index in [0.29, 0.717) is 13.1 Å². The number of benzene rings is 2. The Balaban J connectivity index is 1.59. The molecule has 1 amide bonds. The largest absolute Gasteiger partial charge is 0.497 e. The Morgan fingerprint density at radius 1 is 1.20 bits per heavy atom. The van der Waals surface area contributed by atoms with Crippen molar-refractivity contribution in [1.82, 2.24) is 14.5 Å². The number of nitrogens with one attached hydrogen (secondary N) is 1. The molecule has 0 bridgehead atoms. The van der Waals surface area contributed by atoms with Crippen molar-refractivity contribution in [3.63, 3.8) is 0 Å². The number of fused-ring (bicyclic) bond motifs is 4. The third-order valence-electron chi connectivity index (χ3n) is 6.29. The second-order valence-corrected chi connectivity index (χ2v) is 7.84. The summed E-state index contributed by atoms with van der Waals surface area (Å²) in [6, 6.07) is 10.7. The Labute approximate surface area is 174 Å². The molecule has 0 atom stereocenters. The minimum Gasteiger partial charge on any atom is -0.497 e. The minimum absolute atomic E-state index is 0.00866. The van der Waals surface area contributed by atoms with Crippen molar-refractivity contribution in [2.75, 3.05) is 13.7 Å². The molecule has 5 nitrogen and oxygen atoms in total. The molecule has 0 saturated carbocycles. The maximum Gasteiger partial charge on any atom is 0.256 e. The summed E-state index contributed by atoms with van der Waals surface area (Å²) in [5, 5.41) is 1.77. The van der Waals surface area contributed by atoms with Crippen LogP contribution in [0.3, 0.4) is 0 Å². The van der Waals surface area contributed by atoms with Crippen LogP contribution in [0.5, 0.6) is 5.75 Å². The van der Waals surface area contributed by atoms with Gasteiger partial charge in [0, 0.05) is 64.8 Å². The highest BCUT2D eigenvalue weighted by Gasteiger charge is 2.29. The lowest BCUT2D eigenvalue weighted by Gasteiger charge is -2.27. The van der Waals surface area contributed by atoms with Crippen molar-refractivity contribution < 1.29 is 13.9 Å². The smallest absolute Gasteiger partial charge is 0.256 e. The maximum absolute atomic E-state index is 13.8. The highest BCUT2D eigenvalue weighted by atomic mass is 19.1. The Kier molecular flexibility index (Phi) is 4.31. The summed E-state index contributed by atoms with van der Waals surface area (Å²) in [4.78, 5) is 18.9. The number of hydrogen-bond donors (Lipinski definition) is 1. The summed E-state index contributed by atoms with van der Waals surface area (Å²) >= 11 is 0. The zero-order valence-corrected chi connectivity index (χ0v) is 17.4. The van der Waals surface area contributed by atoms with Crippen molar-refractivity contribution in [3.8, 4) is 5.75 Å². The van der Waals surface area contributed by atoms with Crippen LogP contribution in [0.2, 0.25) is 0 Å². The topological polar surface area (TPSA) is 50.3 Å². The number of amides is 1. The van der Waals surface area contributed by atoms with Gasteiger partial charge in [0.05, 0.1) is 12.7 Å². The molecule has 4 aromatic rings. The van der Waals surface area contributed by atoms with Gasteiger partial charge in [-0.1, -0.05) is 0 Å². The van der Waals surface area contributed by atoms with Gasteiger partial charge in [-0.3, -0.25) is 4.79 Å². The Morgan fingerprint density at radius 2 is 2.03 bits per heavy atom. The molecule has 0 unspecified atom stereocenters. The number of aryl methyl sites for hydroxylation is 1. The van der Waals surface area contributed by atoms with Gasteiger partial charge in [-0.05, 0) is 50.2 Å². The molecule has 0 saturated heterocycles. The number of aromatic amines is 1. The fourth-order valence-corrected chi connectivity index (χ4v) is 4.78. The lowest BCUT2D eigenvalue weighted by Crippen LogP contribution is -2.36. The third kappa shape index (κ3) is 2.70. The summed E-state index contributed by atoms with van der Waals surface area (Å²) in [5.74, 6) is 0.480. The van der Waals surface area contributed by atoms with E-state index in [1.807, 2.05) is 30.0 Å². The lowest BCUT2D eigenvalue weighted by molar-refractivity contribution is 0.0736. The van der Waals surface area contributed by atoms with E-state index in [1.54, 1.807) is 19.2 Å². The van der Waals surface area contributed by atoms with E-state index in [-0.39, 0.29) is 11.7 Å². The molecule has 1 aliphatic rings. The van der Waals surface area contributed by atoms with E-state index in [0.717, 1.165) is 63.0 Å². The Morgan fingerprint density at radius 3 is 2.80 bits per heavy atom. The number of carbonyl (C=O) groups excluding carboxylic acids is 1. The van der Waals surface area contributed by atoms with Crippen molar-refractivity contribution in [3.05, 3.63) is 64.7 Å². The fraction of sp³-hybridized carbons (Fsp3) is 0.292. The number of rotatable bonds is 3. The van der Waals surface area contributed by atoms with Gasteiger partial charge >= 0.3 is 0 Å². The highest BCUT2D eigenvalue weighted by Crippen LogP contribution is 2.33. The van der Waals surface area contributed by atoms with E-state index in [2.05, 4.69) is 16.5 Å². The Hall–Kier alpha value is -3.28. The number of hydrogen-bond acceptors (Lipinski definition) is 2. The molecule has 2 aromatic carbocycles. The van der Waals surface area contributed by atoms with Crippen molar-refractivity contribution in [2.24, 2.45) is 0 Å². The van der Waals surface area contributed by atoms with Crippen LogP contribution in [0.25, 0.3) is 21.8 Å². The number of methoxy groups -OCH3 is 1. The first-order valence-corrected chi connectivity index (χ1v) is 10.3. The second-order valence-electron chi connectivity index (χ2n) is 7.84. The zero-order valence-electron chi connectivity index (χ0n) is 17.4. The van der Waals surface area contributed by atoms with Gasteiger partial charge in [-0.2, -0.15) is 0 Å². The lowest BCUT2D eigenvalue weighted by atomic mass is 10.0. The first-order chi connectivity index (χ1) is 14.5. The van der Waals surface area contributed by atoms with Crippen molar-refractivity contribution in [1.29, 1.82) is 0 Å². The van der Waals surface area contributed by atoms with Crippen LogP contribution >= 0.6 is 0 Å². The van der Waals surface area contributed by atoms with E-state index in [1.165, 1.54) is 6.07 Å². The quantitative estimate of drug-likeness (QED) is 0.532. The fourth-order valence-electron chi connectivity index (χ4n) is 4.78. The van der Waals surface area contributed by atoms with Crippen LogP contribution in [0.15, 0.2) is 36.4 Å². The number of nitrogens with zero attached hydrogens (tertiary/aromatic N) is 2. The molecule has 0 fully saturated rings. The normalized spacial score (nSPS) is 13.8. The van der Waals surface area contributed by atoms with Gasteiger partial charge in [0.1, 0.15) is 11.6 Å². The van der Waals surface area contributed by atoms with Crippen molar-refractivity contribution >= 4 is 27.7 Å². The Bertz CT molecular complexity index is 1300. The monoisotopic (exact) mass is 405 g/mol. The molecule has 5 rings (SSSR count). The van der Waals surface area contributed by atoms with Crippen LogP contribution in [-0.2, 0) is 19.5 Å². The highest BCUT2D eigenvalue weighted by molar-refractivity contribution is 6.09. The first kappa shape index (κ1) is 18.7. The average Bonchev–Trinajstić information content (AvgIpc) is 3.25. The molecule has 2 aromatic heterocycles. The predicted octanol–water partition coefficient (Wildman–Crippen LogP) is 4.80. The molecular weight excluding hydrogens is 381 g/mol. The van der Waals surface area contributed by atoms with Gasteiger partial charge in [-0.25, -0.2) is 4.39 Å². The summed E-state index contributed by atoms with van der Waals surface area (Å²) < 4.78 is 21.4. The van der Waals surface area contributed by atoms with Crippen molar-refractivity contribution in [2.45, 2.75) is 33.4 Å². The van der Waals surface area contributed by atoms with E-state index in [4.69, 9.17) is 4.74 Å². The number of carbonyl (C=O) groups is 1. The minimum atomic E-state index is -0.262. The summed E-state index contributed by atoms with van der Waals surface area (Å²) in [7, 11) is 1.63. The molecule has 1 N–H and O–H groups in total. The number of ether oxygens (including phenoxy) is 1. The molecule has 0 aliphatic carbocycles. The molecule has 154 valence electrons. The van der Waals surface area contributed by atoms with Gasteiger partial charge in [0.25, 0.3) is 5.91 Å². The third-order valence-corrected chi connectivity index (χ3v) is 6.29. The summed E-state index contributed by atoms with van der Waals surface area (Å²) in [5.41, 5.74) is 5.74. The standard InChI is InChI=1S/C24H24FN3O2/c1-4-28-14(2)23(18-12-16(30-3)6-8-22(18)28)24(29)27-10-9-21-19(13-27)17-11-15(25)5-7-20(17)26-21/h5-8,11-12,26H,4,9-10,13H2,1-3H3. The summed E-state index contributed by atoms with van der Waals surface area (Å²) in [6.07, 6.45) is 0.728. The molecule has 3 heterocycles. The predicted molar refractivity (Wildman–Crippen MR) is 116 cm³/mol. The molecule has 1 aliphatic heterocycles. The average molecular weight is 405 g/mol. The van der Waals surface area contributed by atoms with E-state index < -0.39 is 0 Å². The first-order valence-electron chi connectivity index (χ1n) is 10.3. The van der Waals surface area contributed by atoms with E-state index >= 15 is 0 Å². The number of aromatic nitrogens is 2. The molecular formula is C24H24FN3O2. The number of H-pyrrole nitrogens is 1. The second kappa shape index (κ2) is 6.90. The number of halogens is 1. The van der Waals surface area contributed by atoms with Gasteiger partial charge in [0.2, 0.25) is 0 Å². The summed E-state index contributed by atoms with van der Waals surface area (Å²) in [6.45, 7) is 5.97. The van der Waals surface area contributed by atoms with Crippen LogP contribution < -0.4 is 4.74 Å². The van der Waals surface area contributed by atoms with E-state index in [9.17, 15) is 9.18 Å². The molecule has 6 heteroatoms.